The number of benzene rings is 1. The van der Waals surface area contributed by atoms with Gasteiger partial charge in [0.2, 0.25) is 0 Å². The maximum atomic E-state index is 8.33. The van der Waals surface area contributed by atoms with Crippen LogP contribution in [0.1, 0.15) is 18.3 Å². The van der Waals surface area contributed by atoms with Gasteiger partial charge in [-0.05, 0) is 65.6 Å². The van der Waals surface area contributed by atoms with Crippen LogP contribution in [0.15, 0.2) is 105 Å². The average molecular weight is 563 g/mol. The fraction of sp³-hybridized carbons (Fsp3) is 0.0323. The van der Waals surface area contributed by atoms with Crippen LogP contribution in [0.4, 0.5) is 0 Å². The summed E-state index contributed by atoms with van der Waals surface area (Å²) in [5.41, 5.74) is 7.13. The van der Waals surface area contributed by atoms with Gasteiger partial charge < -0.3 is 5.41 Å². The highest BCUT2D eigenvalue weighted by Crippen LogP contribution is 2.33. The molecule has 0 atom stereocenters. The predicted octanol–water partition coefficient (Wildman–Crippen LogP) is 4.84. The Labute approximate surface area is 246 Å². The Hall–Kier alpha value is -6.30. The van der Waals surface area contributed by atoms with E-state index in [1.807, 2.05) is 43.3 Å². The lowest BCUT2D eigenvalue weighted by Crippen LogP contribution is -1.96. The lowest BCUT2D eigenvalue weighted by molar-refractivity contribution is 1.02. The highest BCUT2D eigenvalue weighted by molar-refractivity contribution is 6.12. The van der Waals surface area contributed by atoms with Gasteiger partial charge >= 0.3 is 0 Å². The van der Waals surface area contributed by atoms with Gasteiger partial charge in [-0.3, -0.25) is 9.97 Å². The molecule has 0 aliphatic carbocycles. The molecule has 6 rings (SSSR count). The monoisotopic (exact) mass is 562 g/mol. The molecule has 0 spiro atoms. The zero-order valence-corrected chi connectivity index (χ0v) is 22.8. The van der Waals surface area contributed by atoms with Crippen molar-refractivity contribution in [3.8, 4) is 45.0 Å². The van der Waals surface area contributed by atoms with Crippen LogP contribution in [-0.4, -0.2) is 61.0 Å². The van der Waals surface area contributed by atoms with Gasteiger partial charge in [0.1, 0.15) is 38.0 Å². The van der Waals surface area contributed by atoms with Crippen LogP contribution in [0.25, 0.3) is 56.2 Å². The molecule has 5 heterocycles. The SMILES string of the molecule is C/C=C(\C=C(/C=N)c1cc(-c2cncc(-c3ncncn3)c2)cc(-c2cncc(-c3ncncn3)c2)c1)c1ncncn1. The minimum atomic E-state index is 0.511. The lowest BCUT2D eigenvalue weighted by atomic mass is 9.93. The molecule has 0 fully saturated rings. The van der Waals surface area contributed by atoms with E-state index in [2.05, 4.69) is 60.9 Å². The summed E-state index contributed by atoms with van der Waals surface area (Å²) in [5, 5.41) is 8.33. The molecule has 0 saturated heterocycles. The lowest BCUT2D eigenvalue weighted by Gasteiger charge is -2.13. The Balaban J connectivity index is 1.51. The highest BCUT2D eigenvalue weighted by Gasteiger charge is 2.13. The molecule has 0 saturated carbocycles. The molecule has 0 amide bonds. The summed E-state index contributed by atoms with van der Waals surface area (Å²) >= 11 is 0. The summed E-state index contributed by atoms with van der Waals surface area (Å²) in [4.78, 5) is 46.3. The third-order valence-electron chi connectivity index (χ3n) is 6.44. The average Bonchev–Trinajstić information content (AvgIpc) is 3.10. The largest absolute Gasteiger partial charge is 0.308 e. The summed E-state index contributed by atoms with van der Waals surface area (Å²) in [5.74, 6) is 1.55. The number of pyridine rings is 2. The van der Waals surface area contributed by atoms with Crippen LogP contribution in [0.5, 0.6) is 0 Å². The molecular weight excluding hydrogens is 540 g/mol. The van der Waals surface area contributed by atoms with Crippen LogP contribution in [0.3, 0.4) is 0 Å². The van der Waals surface area contributed by atoms with Crippen LogP contribution in [0, 0.1) is 5.41 Å². The Morgan fingerprint density at radius 3 is 1.42 bits per heavy atom. The van der Waals surface area contributed by atoms with Gasteiger partial charge in [0.25, 0.3) is 0 Å². The van der Waals surface area contributed by atoms with Crippen LogP contribution >= 0.6 is 0 Å². The molecule has 12 heteroatoms. The van der Waals surface area contributed by atoms with E-state index in [9.17, 15) is 0 Å². The zero-order chi connectivity index (χ0) is 29.4. The minimum absolute atomic E-state index is 0.511. The van der Waals surface area contributed by atoms with E-state index in [1.54, 1.807) is 24.8 Å². The van der Waals surface area contributed by atoms with Crippen molar-refractivity contribution < 1.29 is 0 Å². The Bertz CT molecular complexity index is 1840. The first-order valence-corrected chi connectivity index (χ1v) is 13.0. The fourth-order valence-corrected chi connectivity index (χ4v) is 4.39. The van der Waals surface area contributed by atoms with E-state index in [0.29, 0.717) is 23.0 Å². The topological polar surface area (TPSA) is 166 Å². The second-order valence-electron chi connectivity index (χ2n) is 9.10. The van der Waals surface area contributed by atoms with Gasteiger partial charge in [-0.1, -0.05) is 6.08 Å². The number of rotatable bonds is 8. The van der Waals surface area contributed by atoms with Gasteiger partial charge in [0, 0.05) is 58.8 Å². The Morgan fingerprint density at radius 1 is 0.512 bits per heavy atom. The quantitative estimate of drug-likeness (QED) is 0.199. The molecule has 0 radical (unpaired) electrons. The molecule has 6 aromatic rings. The fourth-order valence-electron chi connectivity index (χ4n) is 4.39. The van der Waals surface area contributed by atoms with Gasteiger partial charge in [0.15, 0.2) is 17.5 Å². The summed E-state index contributed by atoms with van der Waals surface area (Å²) in [6.45, 7) is 1.90. The Kier molecular flexibility index (Phi) is 7.80. The maximum absolute atomic E-state index is 8.33. The minimum Gasteiger partial charge on any atom is -0.308 e. The van der Waals surface area contributed by atoms with Crippen LogP contribution < -0.4 is 0 Å². The molecule has 206 valence electrons. The summed E-state index contributed by atoms with van der Waals surface area (Å²) in [6, 6.07) is 10.0. The van der Waals surface area contributed by atoms with Crippen LogP contribution in [0.2, 0.25) is 0 Å². The normalized spacial score (nSPS) is 11.7. The maximum Gasteiger partial charge on any atom is 0.164 e. The van der Waals surface area contributed by atoms with Crippen molar-refractivity contribution in [1.82, 2.24) is 54.8 Å². The molecule has 1 N–H and O–H groups in total. The summed E-state index contributed by atoms with van der Waals surface area (Å²) in [7, 11) is 0. The molecular formula is C31H22N12. The third-order valence-corrected chi connectivity index (χ3v) is 6.44. The first-order valence-electron chi connectivity index (χ1n) is 13.0. The summed E-state index contributed by atoms with van der Waals surface area (Å²) < 4.78 is 0. The molecule has 0 aliphatic heterocycles. The molecule has 0 aliphatic rings. The number of nitrogens with one attached hydrogen (secondary N) is 1. The van der Waals surface area contributed by atoms with Crippen molar-refractivity contribution in [2.75, 3.05) is 0 Å². The second kappa shape index (κ2) is 12.5. The summed E-state index contributed by atoms with van der Waals surface area (Å²) in [6.07, 6.45) is 20.8. The van der Waals surface area contributed by atoms with Crippen LogP contribution in [-0.2, 0) is 0 Å². The van der Waals surface area contributed by atoms with Gasteiger partial charge in [-0.2, -0.15) is 0 Å². The predicted molar refractivity (Wildman–Crippen MR) is 161 cm³/mol. The van der Waals surface area contributed by atoms with Crippen molar-refractivity contribution in [2.45, 2.75) is 6.92 Å². The standard InChI is InChI=1S/C31H22N12/c1-2-20(29-38-14-35-15-39-29)3-24(9-32)21-4-22(25-7-27(12-33-10-25)30-40-16-36-17-41-30)6-23(5-21)26-8-28(13-34-11-26)31-42-18-37-19-43-31/h2-19,32H,1H3/b20-2+,24-3+,32-9?. The number of aromatic nitrogens is 11. The van der Waals surface area contributed by atoms with Crippen molar-refractivity contribution in [1.29, 1.82) is 5.41 Å². The molecule has 5 aromatic heterocycles. The van der Waals surface area contributed by atoms with Gasteiger partial charge in [-0.15, -0.1) is 0 Å². The Morgan fingerprint density at radius 2 is 0.953 bits per heavy atom. The second-order valence-corrected chi connectivity index (χ2v) is 9.10. The molecule has 0 unspecified atom stereocenters. The van der Waals surface area contributed by atoms with E-state index in [0.717, 1.165) is 44.5 Å². The van der Waals surface area contributed by atoms with E-state index in [1.165, 1.54) is 44.2 Å². The molecule has 43 heavy (non-hydrogen) atoms. The first-order chi connectivity index (χ1) is 21.2. The van der Waals surface area contributed by atoms with E-state index in [-0.39, 0.29) is 0 Å². The van der Waals surface area contributed by atoms with Crippen molar-refractivity contribution in [3.05, 3.63) is 117 Å². The van der Waals surface area contributed by atoms with Gasteiger partial charge in [0.05, 0.1) is 0 Å². The molecule has 1 aromatic carbocycles. The van der Waals surface area contributed by atoms with E-state index in [4.69, 9.17) is 5.41 Å². The van der Waals surface area contributed by atoms with E-state index >= 15 is 0 Å². The van der Waals surface area contributed by atoms with Crippen molar-refractivity contribution in [2.24, 2.45) is 0 Å². The number of allylic oxidation sites excluding steroid dienone is 4. The van der Waals surface area contributed by atoms with Gasteiger partial charge in [-0.25, -0.2) is 44.9 Å². The number of nitrogens with zero attached hydrogens (tertiary/aromatic N) is 11. The molecule has 12 nitrogen and oxygen atoms in total. The van der Waals surface area contributed by atoms with Crippen molar-refractivity contribution >= 4 is 17.4 Å². The van der Waals surface area contributed by atoms with Crippen molar-refractivity contribution in [3.63, 3.8) is 0 Å². The third kappa shape index (κ3) is 6.07. The zero-order valence-electron chi connectivity index (χ0n) is 22.8. The highest BCUT2D eigenvalue weighted by atomic mass is 15.0. The molecule has 0 bridgehead atoms. The number of hydrogen-bond acceptors (Lipinski definition) is 12. The van der Waals surface area contributed by atoms with E-state index < -0.39 is 0 Å². The smallest absolute Gasteiger partial charge is 0.164 e. The number of hydrogen-bond donors (Lipinski definition) is 1. The first kappa shape index (κ1) is 26.9.